The number of ether oxygens (including phenoxy) is 1. The Morgan fingerprint density at radius 2 is 2.33 bits per heavy atom. The van der Waals surface area contributed by atoms with Gasteiger partial charge >= 0.3 is 5.97 Å². The first-order valence-corrected chi connectivity index (χ1v) is 4.81. The lowest BCUT2D eigenvalue weighted by atomic mass is 10.0. The van der Waals surface area contributed by atoms with Gasteiger partial charge in [-0.3, -0.25) is 4.79 Å². The Labute approximate surface area is 86.5 Å². The molecule has 0 spiro atoms. The Balaban J connectivity index is 2.25. The van der Waals surface area contributed by atoms with Gasteiger partial charge in [-0.25, -0.2) is 4.39 Å². The molecule has 0 bridgehead atoms. The van der Waals surface area contributed by atoms with Gasteiger partial charge in [-0.2, -0.15) is 0 Å². The number of hydrogen-bond donors (Lipinski definition) is 1. The molecule has 0 fully saturated rings. The van der Waals surface area contributed by atoms with E-state index in [1.165, 1.54) is 6.07 Å². The summed E-state index contributed by atoms with van der Waals surface area (Å²) >= 11 is 0. The van der Waals surface area contributed by atoms with Crippen molar-refractivity contribution in [2.75, 3.05) is 6.61 Å². The van der Waals surface area contributed by atoms with E-state index in [1.54, 1.807) is 12.1 Å². The summed E-state index contributed by atoms with van der Waals surface area (Å²) in [5, 5.41) is 8.84. The number of hydrogen-bond acceptors (Lipinski definition) is 2. The molecule has 2 rings (SSSR count). The van der Waals surface area contributed by atoms with Crippen LogP contribution in [0.15, 0.2) is 18.2 Å². The highest BCUT2D eigenvalue weighted by Gasteiger charge is 2.24. The molecule has 0 radical (unpaired) electrons. The second-order valence-corrected chi connectivity index (χ2v) is 3.60. The van der Waals surface area contributed by atoms with Gasteiger partial charge in [-0.05, 0) is 25.0 Å². The molecule has 1 aliphatic rings. The fraction of sp³-hybridized carbons (Fsp3) is 0.364. The van der Waals surface area contributed by atoms with Crippen molar-refractivity contribution >= 4 is 5.97 Å². The zero-order valence-corrected chi connectivity index (χ0v) is 8.07. The Kier molecular flexibility index (Phi) is 2.58. The van der Waals surface area contributed by atoms with E-state index in [9.17, 15) is 9.18 Å². The summed E-state index contributed by atoms with van der Waals surface area (Å²) in [4.78, 5) is 10.8. The first-order chi connectivity index (χ1) is 7.18. The first-order valence-electron chi connectivity index (χ1n) is 4.81. The SMILES string of the molecule is O=C(O)C1CCc2c(F)cccc2OC1. The third-order valence-electron chi connectivity index (χ3n) is 2.61. The lowest BCUT2D eigenvalue weighted by Gasteiger charge is -2.08. The number of carboxylic acid groups (broad SMARTS) is 1. The number of benzene rings is 1. The van der Waals surface area contributed by atoms with Crippen LogP contribution in [0.1, 0.15) is 12.0 Å². The van der Waals surface area contributed by atoms with Crippen LogP contribution in [0.5, 0.6) is 5.75 Å². The predicted octanol–water partition coefficient (Wildman–Crippen LogP) is 1.85. The molecule has 1 heterocycles. The van der Waals surface area contributed by atoms with Crippen molar-refractivity contribution in [3.63, 3.8) is 0 Å². The van der Waals surface area contributed by atoms with Gasteiger partial charge in [-0.15, -0.1) is 0 Å². The molecule has 1 aromatic rings. The van der Waals surface area contributed by atoms with Crippen molar-refractivity contribution in [2.45, 2.75) is 12.8 Å². The number of halogens is 1. The lowest BCUT2D eigenvalue weighted by molar-refractivity contribution is -0.142. The van der Waals surface area contributed by atoms with Crippen molar-refractivity contribution in [3.05, 3.63) is 29.6 Å². The molecule has 4 heteroatoms. The van der Waals surface area contributed by atoms with Gasteiger partial charge in [0, 0.05) is 5.56 Å². The predicted molar refractivity (Wildman–Crippen MR) is 51.3 cm³/mol. The molecule has 80 valence electrons. The molecule has 3 nitrogen and oxygen atoms in total. The van der Waals surface area contributed by atoms with Gasteiger partial charge in [0.15, 0.2) is 0 Å². The first kappa shape index (κ1) is 9.96. The van der Waals surface area contributed by atoms with Crippen LogP contribution in [-0.2, 0) is 11.2 Å². The van der Waals surface area contributed by atoms with E-state index in [0.717, 1.165) is 0 Å². The van der Waals surface area contributed by atoms with Crippen LogP contribution >= 0.6 is 0 Å². The summed E-state index contributed by atoms with van der Waals surface area (Å²) in [6.45, 7) is 0.117. The van der Waals surface area contributed by atoms with E-state index in [2.05, 4.69) is 0 Å². The van der Waals surface area contributed by atoms with E-state index in [4.69, 9.17) is 9.84 Å². The summed E-state index contributed by atoms with van der Waals surface area (Å²) in [6, 6.07) is 4.60. The maximum absolute atomic E-state index is 13.4. The number of carbonyl (C=O) groups is 1. The monoisotopic (exact) mass is 210 g/mol. The van der Waals surface area contributed by atoms with Crippen molar-refractivity contribution in [1.82, 2.24) is 0 Å². The summed E-state index contributed by atoms with van der Waals surface area (Å²) in [5.41, 5.74) is 0.487. The minimum Gasteiger partial charge on any atom is -0.492 e. The van der Waals surface area contributed by atoms with Crippen LogP contribution < -0.4 is 4.74 Å². The summed E-state index contributed by atoms with van der Waals surface area (Å²) in [7, 11) is 0. The highest BCUT2D eigenvalue weighted by molar-refractivity contribution is 5.70. The molecule has 0 aliphatic carbocycles. The van der Waals surface area contributed by atoms with Crippen LogP contribution in [0.25, 0.3) is 0 Å². The van der Waals surface area contributed by atoms with E-state index in [1.807, 2.05) is 0 Å². The van der Waals surface area contributed by atoms with Crippen molar-refractivity contribution in [3.8, 4) is 5.75 Å². The third kappa shape index (κ3) is 1.93. The van der Waals surface area contributed by atoms with Gasteiger partial charge < -0.3 is 9.84 Å². The Bertz CT molecular complexity index is 389. The summed E-state index contributed by atoms with van der Waals surface area (Å²) in [6.07, 6.45) is 0.836. The van der Waals surface area contributed by atoms with Gasteiger partial charge in [-0.1, -0.05) is 6.07 Å². The fourth-order valence-electron chi connectivity index (χ4n) is 1.70. The zero-order valence-electron chi connectivity index (χ0n) is 8.07. The maximum Gasteiger partial charge on any atom is 0.309 e. The van der Waals surface area contributed by atoms with Crippen molar-refractivity contribution < 1.29 is 19.0 Å². The highest BCUT2D eigenvalue weighted by Crippen LogP contribution is 2.28. The molecule has 0 amide bonds. The molecular weight excluding hydrogens is 199 g/mol. The standard InChI is InChI=1S/C11H11FO3/c12-9-2-1-3-10-8(9)5-4-7(6-15-10)11(13)14/h1-3,7H,4-6H2,(H,13,14). The average Bonchev–Trinajstić information content (AvgIpc) is 2.41. The zero-order chi connectivity index (χ0) is 10.8. The minimum absolute atomic E-state index is 0.117. The number of fused-ring (bicyclic) bond motifs is 1. The minimum atomic E-state index is -0.886. The van der Waals surface area contributed by atoms with Gasteiger partial charge in [0.1, 0.15) is 18.2 Å². The molecule has 1 aromatic carbocycles. The number of rotatable bonds is 1. The van der Waals surface area contributed by atoms with Gasteiger partial charge in [0.25, 0.3) is 0 Å². The highest BCUT2D eigenvalue weighted by atomic mass is 19.1. The van der Waals surface area contributed by atoms with Crippen LogP contribution in [0.4, 0.5) is 4.39 Å². The molecule has 15 heavy (non-hydrogen) atoms. The van der Waals surface area contributed by atoms with Crippen LogP contribution in [0, 0.1) is 11.7 Å². The van der Waals surface area contributed by atoms with Crippen LogP contribution in [0.2, 0.25) is 0 Å². The van der Waals surface area contributed by atoms with Gasteiger partial charge in [0.2, 0.25) is 0 Å². The second kappa shape index (κ2) is 3.88. The maximum atomic E-state index is 13.4. The molecule has 1 unspecified atom stereocenters. The number of carboxylic acids is 1. The van der Waals surface area contributed by atoms with E-state index in [0.29, 0.717) is 24.2 Å². The second-order valence-electron chi connectivity index (χ2n) is 3.60. The number of aliphatic carboxylic acids is 1. The Morgan fingerprint density at radius 3 is 3.07 bits per heavy atom. The summed E-state index contributed by atoms with van der Waals surface area (Å²) in [5.74, 6) is -1.28. The molecule has 1 atom stereocenters. The van der Waals surface area contributed by atoms with Gasteiger partial charge in [0.05, 0.1) is 5.92 Å². The average molecular weight is 210 g/mol. The summed E-state index contributed by atoms with van der Waals surface area (Å²) < 4.78 is 18.6. The fourth-order valence-corrected chi connectivity index (χ4v) is 1.70. The molecule has 0 saturated carbocycles. The molecule has 0 aromatic heterocycles. The largest absolute Gasteiger partial charge is 0.492 e. The lowest BCUT2D eigenvalue weighted by Crippen LogP contribution is -2.20. The molecule has 0 saturated heterocycles. The topological polar surface area (TPSA) is 46.5 Å². The van der Waals surface area contributed by atoms with E-state index in [-0.39, 0.29) is 12.4 Å². The normalized spacial score (nSPS) is 19.9. The molecule has 1 aliphatic heterocycles. The van der Waals surface area contributed by atoms with E-state index >= 15 is 0 Å². The van der Waals surface area contributed by atoms with E-state index < -0.39 is 11.9 Å². The molecular formula is C11H11FO3. The Hall–Kier alpha value is -1.58. The third-order valence-corrected chi connectivity index (χ3v) is 2.61. The Morgan fingerprint density at radius 1 is 1.53 bits per heavy atom. The molecule has 1 N–H and O–H groups in total. The quantitative estimate of drug-likeness (QED) is 0.769. The van der Waals surface area contributed by atoms with Crippen LogP contribution in [-0.4, -0.2) is 17.7 Å². The van der Waals surface area contributed by atoms with Crippen LogP contribution in [0.3, 0.4) is 0 Å². The smallest absolute Gasteiger partial charge is 0.309 e. The van der Waals surface area contributed by atoms with Crippen molar-refractivity contribution in [1.29, 1.82) is 0 Å². The van der Waals surface area contributed by atoms with Crippen molar-refractivity contribution in [2.24, 2.45) is 5.92 Å².